The van der Waals surface area contributed by atoms with Gasteiger partial charge in [0.05, 0.1) is 11.5 Å². The molecule has 2 saturated heterocycles. The molecule has 8 nitrogen and oxygen atoms in total. The molecule has 3 amide bonds. The lowest BCUT2D eigenvalue weighted by Gasteiger charge is -2.56. The van der Waals surface area contributed by atoms with E-state index in [1.807, 2.05) is 0 Å². The van der Waals surface area contributed by atoms with Crippen LogP contribution in [0, 0.1) is 5.41 Å². The predicted octanol–water partition coefficient (Wildman–Crippen LogP) is 2.02. The molecule has 2 aliphatic carbocycles. The van der Waals surface area contributed by atoms with E-state index in [-0.39, 0.29) is 29.7 Å². The molecule has 0 aromatic rings. The summed E-state index contributed by atoms with van der Waals surface area (Å²) in [5.74, 6) is -0.731. The maximum Gasteiger partial charge on any atom is 0.329 e. The molecule has 10 heteroatoms. The predicted molar refractivity (Wildman–Crippen MR) is 113 cm³/mol. The van der Waals surface area contributed by atoms with Crippen LogP contribution in [0.4, 0.5) is 4.79 Å². The second-order valence-electron chi connectivity index (χ2n) is 10.9. The molecule has 2 heterocycles. The van der Waals surface area contributed by atoms with Gasteiger partial charge in [0.25, 0.3) is 5.91 Å². The van der Waals surface area contributed by atoms with Crippen molar-refractivity contribution in [2.75, 3.05) is 24.8 Å². The molecule has 0 N–H and O–H groups in total. The minimum atomic E-state index is -3.31. The summed E-state index contributed by atoms with van der Waals surface area (Å²) in [5.41, 5.74) is -1.19. The van der Waals surface area contributed by atoms with Crippen molar-refractivity contribution >= 4 is 35.6 Å². The van der Waals surface area contributed by atoms with Crippen molar-refractivity contribution in [2.45, 2.75) is 75.8 Å². The van der Waals surface area contributed by atoms with Gasteiger partial charge in [-0.3, -0.25) is 9.59 Å². The number of carbonyl (C=O) groups is 3. The van der Waals surface area contributed by atoms with E-state index >= 15 is 0 Å². The van der Waals surface area contributed by atoms with Crippen molar-refractivity contribution in [3.05, 3.63) is 0 Å². The Bertz CT molecular complexity index is 850. The number of carbonyl (C=O) groups excluding carboxylic acids is 3. The van der Waals surface area contributed by atoms with Gasteiger partial charge in [-0.25, -0.2) is 18.1 Å². The Kier molecular flexibility index (Phi) is 5.22. The summed E-state index contributed by atoms with van der Waals surface area (Å²) in [6.07, 6.45) is 4.30. The first-order chi connectivity index (χ1) is 13.9. The minimum absolute atomic E-state index is 0.0625. The fraction of sp³-hybridized carbons (Fsp3) is 0.850. The molecule has 0 bridgehead atoms. The van der Waals surface area contributed by atoms with Crippen LogP contribution in [0.2, 0.25) is 25.7 Å². The topological polar surface area (TPSA) is 101 Å². The van der Waals surface area contributed by atoms with Crippen LogP contribution in [0.1, 0.15) is 38.5 Å². The molecule has 4 aliphatic rings. The molecule has 0 aromatic heterocycles. The average Bonchev–Trinajstić information content (AvgIpc) is 2.77. The van der Waals surface area contributed by atoms with E-state index in [1.165, 1.54) is 0 Å². The summed E-state index contributed by atoms with van der Waals surface area (Å²) in [4.78, 5) is 40.6. The molecule has 4 rings (SSSR count). The number of imide groups is 1. The second kappa shape index (κ2) is 7.13. The lowest BCUT2D eigenvalue weighted by Crippen LogP contribution is -2.71. The van der Waals surface area contributed by atoms with Crippen LogP contribution in [0.3, 0.4) is 0 Å². The Balaban J connectivity index is 1.46. The zero-order valence-electron chi connectivity index (χ0n) is 18.1. The summed E-state index contributed by atoms with van der Waals surface area (Å²) in [5, 5.41) is 0. The summed E-state index contributed by atoms with van der Waals surface area (Å²) in [6, 6.07) is 0.364. The van der Waals surface area contributed by atoms with Gasteiger partial charge in [0, 0.05) is 33.6 Å². The van der Waals surface area contributed by atoms with Crippen molar-refractivity contribution in [2.24, 2.45) is 5.41 Å². The molecule has 30 heavy (non-hydrogen) atoms. The molecule has 0 aromatic carbocycles. The van der Waals surface area contributed by atoms with Gasteiger partial charge in [-0.05, 0) is 37.1 Å². The molecule has 0 atom stereocenters. The molecule has 2 saturated carbocycles. The molecule has 4 fully saturated rings. The van der Waals surface area contributed by atoms with E-state index in [4.69, 9.17) is 4.74 Å². The van der Waals surface area contributed by atoms with Crippen molar-refractivity contribution in [1.82, 2.24) is 9.80 Å². The molecule has 2 aliphatic heterocycles. The summed E-state index contributed by atoms with van der Waals surface area (Å²) in [6.45, 7) is 7.04. The fourth-order valence-corrected chi connectivity index (χ4v) is 8.10. The highest BCUT2D eigenvalue weighted by molar-refractivity contribution is 7.93. The smallest absolute Gasteiger partial charge is 0.329 e. The van der Waals surface area contributed by atoms with Gasteiger partial charge in [-0.15, -0.1) is 0 Å². The number of urea groups is 1. The van der Waals surface area contributed by atoms with Crippen LogP contribution in [-0.2, 0) is 24.2 Å². The van der Waals surface area contributed by atoms with E-state index in [1.54, 1.807) is 4.90 Å². The van der Waals surface area contributed by atoms with Crippen molar-refractivity contribution in [3.8, 4) is 0 Å². The maximum absolute atomic E-state index is 13.2. The Morgan fingerprint density at radius 2 is 1.67 bits per heavy atom. The number of hydrogen-bond acceptors (Lipinski definition) is 6. The number of hydrogen-bond donors (Lipinski definition) is 0. The fourth-order valence-electron chi connectivity index (χ4n) is 5.45. The van der Waals surface area contributed by atoms with Gasteiger partial charge >= 0.3 is 6.03 Å². The van der Waals surface area contributed by atoms with Gasteiger partial charge in [0.2, 0.25) is 0 Å². The summed E-state index contributed by atoms with van der Waals surface area (Å²) in [7, 11) is -4.60. The zero-order chi connectivity index (χ0) is 21.9. The molecular weight excluding hydrogens is 424 g/mol. The van der Waals surface area contributed by atoms with Gasteiger partial charge in [0.15, 0.2) is 15.4 Å². The highest BCUT2D eigenvalue weighted by atomic mass is 32.2. The minimum Gasteiger partial charge on any atom is -0.361 e. The highest BCUT2D eigenvalue weighted by Gasteiger charge is 2.69. The zero-order valence-corrected chi connectivity index (χ0v) is 19.9. The third-order valence-electron chi connectivity index (χ3n) is 7.25. The number of ether oxygens (including phenoxy) is 1. The van der Waals surface area contributed by atoms with Gasteiger partial charge in [-0.2, -0.15) is 0 Å². The second-order valence-corrected chi connectivity index (χ2v) is 18.6. The lowest BCUT2D eigenvalue weighted by molar-refractivity contribution is -0.137. The van der Waals surface area contributed by atoms with Crippen molar-refractivity contribution < 1.29 is 27.5 Å². The quantitative estimate of drug-likeness (QED) is 0.344. The van der Waals surface area contributed by atoms with Crippen LogP contribution in [0.5, 0.6) is 0 Å². The Labute approximate surface area is 179 Å². The first kappa shape index (κ1) is 21.9. The summed E-state index contributed by atoms with van der Waals surface area (Å²) >= 11 is 0. The normalized spacial score (nSPS) is 27.6. The summed E-state index contributed by atoms with van der Waals surface area (Å²) < 4.78 is 29.7. The molecule has 0 radical (unpaired) electrons. The molecule has 0 unspecified atom stereocenters. The Morgan fingerprint density at radius 3 is 2.20 bits per heavy atom. The third kappa shape index (κ3) is 3.75. The number of amides is 3. The number of nitrogens with zero attached hydrogens (tertiary/aromatic N) is 2. The molecule has 168 valence electrons. The van der Waals surface area contributed by atoms with E-state index in [9.17, 15) is 22.8 Å². The van der Waals surface area contributed by atoms with Crippen molar-refractivity contribution in [3.63, 3.8) is 0 Å². The van der Waals surface area contributed by atoms with E-state index in [2.05, 4.69) is 19.6 Å². The average molecular weight is 457 g/mol. The largest absolute Gasteiger partial charge is 0.361 e. The maximum atomic E-state index is 13.2. The van der Waals surface area contributed by atoms with E-state index in [0.29, 0.717) is 25.2 Å². The van der Waals surface area contributed by atoms with E-state index in [0.717, 1.165) is 36.6 Å². The standard InChI is InChI=1S/C20H32N2O6SSi/c1-30(2,3)9-8-28-14-21-17(24)20(12-29(26,27)13-20)22(18(21)25)15-10-19(11-15)6-4-16(23)5-7-19/h15H,4-14H2,1-3H3. The van der Waals surface area contributed by atoms with Crippen LogP contribution in [0.15, 0.2) is 0 Å². The number of Topliss-reactive ketones (excluding diaryl/α,β-unsaturated/α-hetero) is 1. The first-order valence-electron chi connectivity index (χ1n) is 10.8. The van der Waals surface area contributed by atoms with Gasteiger partial charge in [-0.1, -0.05) is 19.6 Å². The number of rotatable bonds is 6. The SMILES string of the molecule is C[Si](C)(C)CCOCN1C(=O)N(C2CC3(CCC(=O)CC3)C2)C2(CS(=O)(=O)C2)C1=O. The number of sulfone groups is 1. The first-order valence-corrected chi connectivity index (χ1v) is 16.3. The van der Waals surface area contributed by atoms with Crippen LogP contribution in [0.25, 0.3) is 0 Å². The Hall–Kier alpha value is -1.26. The van der Waals surface area contributed by atoms with Gasteiger partial charge < -0.3 is 9.64 Å². The monoisotopic (exact) mass is 456 g/mol. The highest BCUT2D eigenvalue weighted by Crippen LogP contribution is 2.55. The Morgan fingerprint density at radius 1 is 1.07 bits per heavy atom. The van der Waals surface area contributed by atoms with Crippen LogP contribution in [-0.4, -0.2) is 80.4 Å². The van der Waals surface area contributed by atoms with Crippen molar-refractivity contribution in [1.29, 1.82) is 0 Å². The molecule has 2 spiro atoms. The molecular formula is C20H32N2O6SSi. The van der Waals surface area contributed by atoms with Crippen LogP contribution < -0.4 is 0 Å². The lowest BCUT2D eigenvalue weighted by atomic mass is 9.57. The van der Waals surface area contributed by atoms with Crippen LogP contribution >= 0.6 is 0 Å². The van der Waals surface area contributed by atoms with Gasteiger partial charge in [0.1, 0.15) is 12.5 Å². The third-order valence-corrected chi connectivity index (χ3v) is 10.8. The number of ketones is 1. The van der Waals surface area contributed by atoms with E-state index < -0.39 is 35.4 Å².